The molecule has 9 nitrogen and oxygen atoms in total. The van der Waals surface area contributed by atoms with Crippen LogP contribution in [-0.2, 0) is 30.4 Å². The van der Waals surface area contributed by atoms with E-state index in [-0.39, 0.29) is 43.1 Å². The van der Waals surface area contributed by atoms with Crippen LogP contribution in [0.3, 0.4) is 0 Å². The highest BCUT2D eigenvalue weighted by molar-refractivity contribution is 5.95. The van der Waals surface area contributed by atoms with Gasteiger partial charge in [0, 0.05) is 43.6 Å². The normalized spacial score (nSPS) is 31.3. The van der Waals surface area contributed by atoms with Gasteiger partial charge in [0.05, 0.1) is 29.5 Å². The molecule has 6 rings (SSSR count). The molecule has 5 aliphatic rings. The highest BCUT2D eigenvalue weighted by atomic mass is 16.5. The van der Waals surface area contributed by atoms with Crippen molar-refractivity contribution < 1.29 is 33.7 Å². The largest absolute Gasteiger partial charge is 0.457 e. The van der Waals surface area contributed by atoms with E-state index in [0.29, 0.717) is 49.4 Å². The third-order valence-corrected chi connectivity index (χ3v) is 8.59. The number of carbonyl (C=O) groups excluding carboxylic acids is 3. The van der Waals surface area contributed by atoms with Crippen LogP contribution in [0.15, 0.2) is 23.4 Å². The van der Waals surface area contributed by atoms with Gasteiger partial charge >= 0.3 is 11.9 Å². The average Bonchev–Trinajstić information content (AvgIpc) is 3.45. The van der Waals surface area contributed by atoms with Gasteiger partial charge in [-0.25, -0.2) is 9.59 Å². The van der Waals surface area contributed by atoms with Crippen LogP contribution >= 0.6 is 0 Å². The maximum Gasteiger partial charge on any atom is 0.338 e. The van der Waals surface area contributed by atoms with Crippen LogP contribution in [0.1, 0.15) is 65.8 Å². The summed E-state index contributed by atoms with van der Waals surface area (Å²) in [7, 11) is 0. The Kier molecular flexibility index (Phi) is 5.28. The molecule has 0 aromatic heterocycles. The van der Waals surface area contributed by atoms with E-state index in [1.54, 1.807) is 17.9 Å². The first kappa shape index (κ1) is 22.7. The maximum atomic E-state index is 13.7. The number of cyclic esters (lactones) is 2. The number of carbonyl (C=O) groups is 3. The minimum Gasteiger partial charge on any atom is -0.457 e. The number of amides is 1. The fraction of sp³-hybridized carbons (Fsp3) is 0.577. The van der Waals surface area contributed by atoms with Gasteiger partial charge in [-0.15, -0.1) is 0 Å². The lowest BCUT2D eigenvalue weighted by Crippen LogP contribution is -2.63. The number of hydrogen-bond donors (Lipinski definition) is 1. The van der Waals surface area contributed by atoms with Gasteiger partial charge in [0.15, 0.2) is 0 Å². The van der Waals surface area contributed by atoms with Crippen molar-refractivity contribution >= 4 is 17.8 Å². The first-order valence-corrected chi connectivity index (χ1v) is 12.3. The molecule has 0 saturated carbocycles. The Morgan fingerprint density at radius 1 is 1.06 bits per heavy atom. The Morgan fingerprint density at radius 2 is 1.77 bits per heavy atom. The number of morpholine rings is 1. The molecule has 35 heavy (non-hydrogen) atoms. The molecule has 0 unspecified atom stereocenters. The smallest absolute Gasteiger partial charge is 0.338 e. The third kappa shape index (κ3) is 3.43. The van der Waals surface area contributed by atoms with Crippen LogP contribution in [0.5, 0.6) is 0 Å². The Labute approximate surface area is 203 Å². The van der Waals surface area contributed by atoms with Gasteiger partial charge in [0.1, 0.15) is 18.8 Å². The Hall–Kier alpha value is -2.75. The van der Waals surface area contributed by atoms with Gasteiger partial charge in [-0.3, -0.25) is 9.69 Å². The van der Waals surface area contributed by atoms with E-state index in [4.69, 9.17) is 14.2 Å². The molecule has 0 radical (unpaired) electrons. The fourth-order valence-corrected chi connectivity index (χ4v) is 6.66. The van der Waals surface area contributed by atoms with Crippen molar-refractivity contribution in [1.29, 1.82) is 0 Å². The number of hydrogen-bond acceptors (Lipinski definition) is 8. The summed E-state index contributed by atoms with van der Waals surface area (Å²) in [5.41, 5.74) is 3.40. The predicted molar refractivity (Wildman–Crippen MR) is 122 cm³/mol. The first-order chi connectivity index (χ1) is 16.8. The van der Waals surface area contributed by atoms with Crippen molar-refractivity contribution in [3.05, 3.63) is 45.7 Å². The Morgan fingerprint density at radius 3 is 2.46 bits per heavy atom. The molecule has 5 aliphatic heterocycles. The summed E-state index contributed by atoms with van der Waals surface area (Å²) in [4.78, 5) is 41.4. The zero-order valence-electron chi connectivity index (χ0n) is 20.0. The van der Waals surface area contributed by atoms with Gasteiger partial charge in [-0.1, -0.05) is 6.07 Å². The third-order valence-electron chi connectivity index (χ3n) is 8.59. The highest BCUT2D eigenvalue weighted by Crippen LogP contribution is 2.46. The molecule has 3 saturated heterocycles. The van der Waals surface area contributed by atoms with Crippen LogP contribution in [-0.4, -0.2) is 76.7 Å². The molecular formula is C26H30N2O7. The molecule has 1 amide bonds. The van der Waals surface area contributed by atoms with Crippen LogP contribution in [0.25, 0.3) is 0 Å². The zero-order chi connectivity index (χ0) is 24.5. The Bertz CT molecular complexity index is 1140. The quantitative estimate of drug-likeness (QED) is 0.648. The van der Waals surface area contributed by atoms with Crippen molar-refractivity contribution in [3.63, 3.8) is 0 Å². The zero-order valence-corrected chi connectivity index (χ0v) is 20.0. The fourth-order valence-electron chi connectivity index (χ4n) is 6.66. The molecule has 5 heterocycles. The average molecular weight is 483 g/mol. The molecule has 4 atom stereocenters. The van der Waals surface area contributed by atoms with Crippen molar-refractivity contribution in [3.8, 4) is 0 Å². The summed E-state index contributed by atoms with van der Waals surface area (Å²) in [6.45, 7) is 5.33. The number of piperidine rings is 1. The van der Waals surface area contributed by atoms with Crippen LogP contribution in [0.2, 0.25) is 0 Å². The summed E-state index contributed by atoms with van der Waals surface area (Å²) in [5.74, 6) is -0.753. The lowest BCUT2D eigenvalue weighted by molar-refractivity contribution is -0.182. The van der Waals surface area contributed by atoms with Crippen LogP contribution in [0.4, 0.5) is 0 Å². The number of nitrogens with zero attached hydrogens (tertiary/aromatic N) is 2. The van der Waals surface area contributed by atoms with Crippen molar-refractivity contribution in [2.75, 3.05) is 26.3 Å². The molecule has 186 valence electrons. The number of fused-ring (bicyclic) bond motifs is 3. The molecule has 0 aliphatic carbocycles. The number of rotatable bonds is 4. The molecule has 1 aromatic carbocycles. The van der Waals surface area contributed by atoms with Gasteiger partial charge in [0.2, 0.25) is 0 Å². The van der Waals surface area contributed by atoms with E-state index in [1.165, 1.54) is 0 Å². The van der Waals surface area contributed by atoms with Gasteiger partial charge in [0.25, 0.3) is 5.91 Å². The van der Waals surface area contributed by atoms with Gasteiger partial charge < -0.3 is 24.2 Å². The van der Waals surface area contributed by atoms with E-state index in [9.17, 15) is 19.5 Å². The Balaban J connectivity index is 1.20. The number of aliphatic hydroxyl groups excluding tert-OH is 1. The SMILES string of the molecule is CC1=C(N2CCO[C@@]3(C[C@H]4CC[C@@H](C3)N4C[C@H](O)c3ccc4c(c3C)COC4=O)C2=O)COC1=O. The monoisotopic (exact) mass is 482 g/mol. The number of aliphatic hydroxyl groups is 1. The summed E-state index contributed by atoms with van der Waals surface area (Å²) in [5, 5.41) is 11.2. The minimum atomic E-state index is -0.897. The second-order valence-corrected chi connectivity index (χ2v) is 10.3. The van der Waals surface area contributed by atoms with Crippen molar-refractivity contribution in [2.45, 2.75) is 69.9 Å². The molecule has 1 aromatic rings. The lowest BCUT2D eigenvalue weighted by Gasteiger charge is -2.49. The predicted octanol–water partition coefficient (Wildman–Crippen LogP) is 1.75. The van der Waals surface area contributed by atoms with E-state index in [0.717, 1.165) is 29.5 Å². The summed E-state index contributed by atoms with van der Waals surface area (Å²) in [6.07, 6.45) is 2.33. The van der Waals surface area contributed by atoms with E-state index < -0.39 is 11.7 Å². The standard InChI is InChI=1S/C26H30N2O7/c1-14-18(5-6-19-20(14)12-33-24(19)31)22(29)11-28-16-3-4-17(28)10-26(9-16)25(32)27(7-8-35-26)21-13-34-23(30)15(21)2/h5-6,16-17,22,29H,3-4,7-13H2,1-2H3/t16-,17+,22-,26-/m0/s1. The second-order valence-electron chi connectivity index (χ2n) is 10.3. The molecule has 2 bridgehead atoms. The molecule has 9 heteroatoms. The van der Waals surface area contributed by atoms with Gasteiger partial charge in [-0.2, -0.15) is 0 Å². The van der Waals surface area contributed by atoms with Crippen LogP contribution in [0, 0.1) is 6.92 Å². The number of benzene rings is 1. The molecule has 3 fully saturated rings. The maximum absolute atomic E-state index is 13.7. The van der Waals surface area contributed by atoms with Crippen molar-refractivity contribution in [2.24, 2.45) is 0 Å². The highest BCUT2D eigenvalue weighted by Gasteiger charge is 2.56. The number of ether oxygens (including phenoxy) is 3. The van der Waals surface area contributed by atoms with E-state index in [1.807, 2.05) is 13.0 Å². The summed E-state index contributed by atoms with van der Waals surface area (Å²) in [6, 6.07) is 3.82. The van der Waals surface area contributed by atoms with Crippen molar-refractivity contribution in [1.82, 2.24) is 9.80 Å². The summed E-state index contributed by atoms with van der Waals surface area (Å²) < 4.78 is 16.5. The molecular weight excluding hydrogens is 452 g/mol. The topological polar surface area (TPSA) is 106 Å². The number of esters is 2. The van der Waals surface area contributed by atoms with Gasteiger partial charge in [-0.05, 0) is 43.9 Å². The van der Waals surface area contributed by atoms with E-state index >= 15 is 0 Å². The lowest BCUT2D eigenvalue weighted by atomic mass is 9.83. The van der Waals surface area contributed by atoms with Crippen LogP contribution < -0.4 is 0 Å². The molecule has 1 spiro atoms. The van der Waals surface area contributed by atoms with E-state index in [2.05, 4.69) is 4.90 Å². The summed E-state index contributed by atoms with van der Waals surface area (Å²) >= 11 is 0. The second kappa shape index (κ2) is 8.15. The molecule has 1 N–H and O–H groups in total. The minimum absolute atomic E-state index is 0.0763. The first-order valence-electron chi connectivity index (χ1n) is 12.3.